The Kier molecular flexibility index (Phi) is 5.49. The number of ether oxygens (including phenoxy) is 1. The molecule has 0 spiro atoms. The summed E-state index contributed by atoms with van der Waals surface area (Å²) in [6.07, 6.45) is 1.67. The number of benzene rings is 2. The molecule has 5 nitrogen and oxygen atoms in total. The summed E-state index contributed by atoms with van der Waals surface area (Å²) in [5.74, 6) is 0.218. The van der Waals surface area contributed by atoms with E-state index in [-0.39, 0.29) is 12.6 Å². The lowest BCUT2D eigenvalue weighted by Crippen LogP contribution is -2.15. The van der Waals surface area contributed by atoms with Gasteiger partial charge in [-0.2, -0.15) is 5.10 Å². The maximum Gasteiger partial charge on any atom is 0.276 e. The SMILES string of the molecule is Cc1ccc(C)c(NC(=O)c2ccn(COc3ccc(Cl)cc3Cl)n2)c1. The van der Waals surface area contributed by atoms with Crippen molar-refractivity contribution >= 4 is 34.8 Å². The van der Waals surface area contributed by atoms with Crippen molar-refractivity contribution in [3.05, 3.63) is 75.5 Å². The normalized spacial score (nSPS) is 10.6. The summed E-state index contributed by atoms with van der Waals surface area (Å²) < 4.78 is 7.12. The van der Waals surface area contributed by atoms with E-state index in [2.05, 4.69) is 10.4 Å². The van der Waals surface area contributed by atoms with Crippen LogP contribution in [0, 0.1) is 13.8 Å². The fourth-order valence-electron chi connectivity index (χ4n) is 2.34. The van der Waals surface area contributed by atoms with Gasteiger partial charge in [-0.15, -0.1) is 0 Å². The lowest BCUT2D eigenvalue weighted by molar-refractivity contribution is 0.102. The number of hydrogen-bond acceptors (Lipinski definition) is 3. The second-order valence-electron chi connectivity index (χ2n) is 5.86. The third-order valence-electron chi connectivity index (χ3n) is 3.76. The predicted octanol–water partition coefficient (Wildman–Crippen LogP) is 5.10. The van der Waals surface area contributed by atoms with Crippen LogP contribution in [-0.2, 0) is 6.73 Å². The standard InChI is InChI=1S/C19H17Cl2N3O2/c1-12-3-4-13(2)17(9-12)22-19(25)16-7-8-24(23-16)11-26-18-6-5-14(20)10-15(18)21/h3-10H,11H2,1-2H3,(H,22,25). The first-order valence-corrected chi connectivity index (χ1v) is 8.68. The van der Waals surface area contributed by atoms with Gasteiger partial charge in [0.05, 0.1) is 5.02 Å². The smallest absolute Gasteiger partial charge is 0.276 e. The molecule has 0 aliphatic carbocycles. The van der Waals surface area contributed by atoms with Crippen molar-refractivity contribution < 1.29 is 9.53 Å². The van der Waals surface area contributed by atoms with Crippen LogP contribution in [0.4, 0.5) is 5.69 Å². The zero-order valence-electron chi connectivity index (χ0n) is 14.3. The molecule has 0 saturated carbocycles. The van der Waals surface area contributed by atoms with Crippen molar-refractivity contribution in [3.63, 3.8) is 0 Å². The molecule has 1 heterocycles. The predicted molar refractivity (Wildman–Crippen MR) is 103 cm³/mol. The molecule has 0 radical (unpaired) electrons. The highest BCUT2D eigenvalue weighted by atomic mass is 35.5. The molecule has 2 aromatic carbocycles. The van der Waals surface area contributed by atoms with Gasteiger partial charge in [0.1, 0.15) is 5.75 Å². The summed E-state index contributed by atoms with van der Waals surface area (Å²) in [7, 11) is 0. The van der Waals surface area contributed by atoms with Crippen molar-refractivity contribution in [2.75, 3.05) is 5.32 Å². The zero-order valence-corrected chi connectivity index (χ0v) is 15.8. The number of amides is 1. The third-order valence-corrected chi connectivity index (χ3v) is 4.29. The molecule has 3 rings (SSSR count). The Balaban J connectivity index is 1.65. The Morgan fingerprint density at radius 2 is 1.96 bits per heavy atom. The van der Waals surface area contributed by atoms with Gasteiger partial charge >= 0.3 is 0 Å². The molecule has 1 N–H and O–H groups in total. The number of nitrogens with one attached hydrogen (secondary N) is 1. The van der Waals surface area contributed by atoms with Crippen LogP contribution < -0.4 is 10.1 Å². The summed E-state index contributed by atoms with van der Waals surface area (Å²) >= 11 is 11.9. The minimum atomic E-state index is -0.276. The van der Waals surface area contributed by atoms with Crippen molar-refractivity contribution in [2.24, 2.45) is 0 Å². The number of aryl methyl sites for hydroxylation is 2. The van der Waals surface area contributed by atoms with E-state index in [4.69, 9.17) is 27.9 Å². The number of nitrogens with zero attached hydrogens (tertiary/aromatic N) is 2. The van der Waals surface area contributed by atoms with Crippen LogP contribution in [0.2, 0.25) is 10.0 Å². The molecule has 3 aromatic rings. The number of halogens is 2. The molecular formula is C19H17Cl2N3O2. The molecule has 1 aromatic heterocycles. The molecular weight excluding hydrogens is 373 g/mol. The van der Waals surface area contributed by atoms with E-state index in [0.717, 1.165) is 16.8 Å². The second-order valence-corrected chi connectivity index (χ2v) is 6.70. The van der Waals surface area contributed by atoms with Crippen LogP contribution in [0.25, 0.3) is 0 Å². The first kappa shape index (κ1) is 18.3. The van der Waals surface area contributed by atoms with Gasteiger partial charge in [0.2, 0.25) is 0 Å². The number of carbonyl (C=O) groups is 1. The molecule has 0 saturated heterocycles. The maximum atomic E-state index is 12.4. The summed E-state index contributed by atoms with van der Waals surface area (Å²) in [5.41, 5.74) is 3.14. The number of aromatic nitrogens is 2. The van der Waals surface area contributed by atoms with Crippen molar-refractivity contribution in [2.45, 2.75) is 20.6 Å². The summed E-state index contributed by atoms with van der Waals surface area (Å²) in [4.78, 5) is 12.4. The van der Waals surface area contributed by atoms with Crippen LogP contribution in [0.1, 0.15) is 21.6 Å². The number of rotatable bonds is 5. The average molecular weight is 390 g/mol. The molecule has 0 atom stereocenters. The molecule has 0 bridgehead atoms. The Bertz CT molecular complexity index is 954. The fraction of sp³-hybridized carbons (Fsp3) is 0.158. The maximum absolute atomic E-state index is 12.4. The Morgan fingerprint density at radius 3 is 2.73 bits per heavy atom. The average Bonchev–Trinajstić information content (AvgIpc) is 3.06. The van der Waals surface area contributed by atoms with E-state index in [1.165, 1.54) is 4.68 Å². The van der Waals surface area contributed by atoms with Crippen molar-refractivity contribution in [1.82, 2.24) is 9.78 Å². The minimum Gasteiger partial charge on any atom is -0.470 e. The fourth-order valence-corrected chi connectivity index (χ4v) is 2.80. The van der Waals surface area contributed by atoms with Crippen LogP contribution in [0.15, 0.2) is 48.7 Å². The highest BCUT2D eigenvalue weighted by molar-refractivity contribution is 6.35. The van der Waals surface area contributed by atoms with Gasteiger partial charge in [-0.25, -0.2) is 4.68 Å². The zero-order chi connectivity index (χ0) is 18.7. The molecule has 0 unspecified atom stereocenters. The lowest BCUT2D eigenvalue weighted by Gasteiger charge is -2.09. The van der Waals surface area contributed by atoms with E-state index < -0.39 is 0 Å². The molecule has 26 heavy (non-hydrogen) atoms. The van der Waals surface area contributed by atoms with Crippen molar-refractivity contribution in [3.8, 4) is 5.75 Å². The van der Waals surface area contributed by atoms with E-state index in [1.54, 1.807) is 30.5 Å². The van der Waals surface area contributed by atoms with Gasteiger partial charge in [0, 0.05) is 16.9 Å². The highest BCUT2D eigenvalue weighted by Crippen LogP contribution is 2.27. The topological polar surface area (TPSA) is 56.2 Å². The first-order chi connectivity index (χ1) is 12.4. The van der Waals surface area contributed by atoms with Crippen LogP contribution >= 0.6 is 23.2 Å². The molecule has 0 aliphatic heterocycles. The minimum absolute atomic E-state index is 0.123. The van der Waals surface area contributed by atoms with Gasteiger partial charge in [-0.05, 0) is 55.3 Å². The van der Waals surface area contributed by atoms with Gasteiger partial charge in [-0.3, -0.25) is 4.79 Å². The second kappa shape index (κ2) is 7.81. The van der Waals surface area contributed by atoms with Gasteiger partial charge in [0.15, 0.2) is 12.4 Å². The number of anilines is 1. The summed E-state index contributed by atoms with van der Waals surface area (Å²) in [6.45, 7) is 4.04. The molecule has 0 aliphatic rings. The number of carbonyl (C=O) groups excluding carboxylic acids is 1. The molecule has 134 valence electrons. The van der Waals surface area contributed by atoms with Gasteiger partial charge in [-0.1, -0.05) is 35.3 Å². The largest absolute Gasteiger partial charge is 0.470 e. The van der Waals surface area contributed by atoms with Crippen LogP contribution in [0.5, 0.6) is 5.75 Å². The molecule has 0 fully saturated rings. The van der Waals surface area contributed by atoms with Gasteiger partial charge < -0.3 is 10.1 Å². The van der Waals surface area contributed by atoms with Crippen molar-refractivity contribution in [1.29, 1.82) is 0 Å². The van der Waals surface area contributed by atoms with E-state index in [9.17, 15) is 4.79 Å². The Hall–Kier alpha value is -2.50. The van der Waals surface area contributed by atoms with E-state index in [1.807, 2.05) is 32.0 Å². The third kappa shape index (κ3) is 4.36. The molecule has 7 heteroatoms. The Labute approximate surface area is 161 Å². The van der Waals surface area contributed by atoms with Crippen LogP contribution in [0.3, 0.4) is 0 Å². The first-order valence-electron chi connectivity index (χ1n) is 7.92. The number of hydrogen-bond donors (Lipinski definition) is 1. The van der Waals surface area contributed by atoms with Gasteiger partial charge in [0.25, 0.3) is 5.91 Å². The molecule has 1 amide bonds. The monoisotopic (exact) mass is 389 g/mol. The summed E-state index contributed by atoms with van der Waals surface area (Å²) in [6, 6.07) is 12.5. The lowest BCUT2D eigenvalue weighted by atomic mass is 10.1. The summed E-state index contributed by atoms with van der Waals surface area (Å²) in [5, 5.41) is 8.06. The van der Waals surface area contributed by atoms with E-state index in [0.29, 0.717) is 21.5 Å². The Morgan fingerprint density at radius 1 is 1.15 bits per heavy atom. The van der Waals surface area contributed by atoms with Crippen LogP contribution in [-0.4, -0.2) is 15.7 Å². The van der Waals surface area contributed by atoms with E-state index >= 15 is 0 Å². The highest BCUT2D eigenvalue weighted by Gasteiger charge is 2.12. The quantitative estimate of drug-likeness (QED) is 0.660.